The van der Waals surface area contributed by atoms with Gasteiger partial charge in [-0.2, -0.15) is 0 Å². The van der Waals surface area contributed by atoms with Gasteiger partial charge in [0.05, 0.1) is 17.1 Å². The zero-order valence-corrected chi connectivity index (χ0v) is 16.3. The largest absolute Gasteiger partial charge is 0.455 e. The van der Waals surface area contributed by atoms with Crippen molar-refractivity contribution in [1.29, 1.82) is 0 Å². The molecule has 4 saturated carbocycles. The van der Waals surface area contributed by atoms with Gasteiger partial charge in [-0.1, -0.05) is 24.3 Å². The van der Waals surface area contributed by atoms with Crippen LogP contribution in [0.5, 0.6) is 0 Å². The van der Waals surface area contributed by atoms with E-state index in [1.165, 1.54) is 11.1 Å². The molecule has 5 aliphatic carbocycles. The maximum absolute atomic E-state index is 12.9. The van der Waals surface area contributed by atoms with Gasteiger partial charge in [0.25, 0.3) is 5.91 Å². The van der Waals surface area contributed by atoms with Crippen molar-refractivity contribution in [3.05, 3.63) is 35.4 Å². The predicted molar refractivity (Wildman–Crippen MR) is 103 cm³/mol. The van der Waals surface area contributed by atoms with Crippen molar-refractivity contribution >= 4 is 11.9 Å². The molecule has 0 heterocycles. The van der Waals surface area contributed by atoms with Crippen molar-refractivity contribution in [3.63, 3.8) is 0 Å². The lowest BCUT2D eigenvalue weighted by Crippen LogP contribution is -2.58. The van der Waals surface area contributed by atoms with Gasteiger partial charge in [0.1, 0.15) is 0 Å². The van der Waals surface area contributed by atoms with E-state index in [1.54, 1.807) is 0 Å². The fraction of sp³-hybridized carbons (Fsp3) is 0.652. The van der Waals surface area contributed by atoms with Crippen molar-refractivity contribution in [3.8, 4) is 0 Å². The summed E-state index contributed by atoms with van der Waals surface area (Å²) in [6.45, 7) is -0.229. The average Bonchev–Trinajstić information content (AvgIpc) is 2.64. The summed E-state index contributed by atoms with van der Waals surface area (Å²) in [5.74, 6) is 0.329. The number of aliphatic hydroxyl groups is 1. The Hall–Kier alpha value is -1.88. The highest BCUT2D eigenvalue weighted by Crippen LogP contribution is 2.61. The van der Waals surface area contributed by atoms with E-state index in [-0.39, 0.29) is 24.5 Å². The Morgan fingerprint density at radius 3 is 2.64 bits per heavy atom. The summed E-state index contributed by atoms with van der Waals surface area (Å²) >= 11 is 0. The number of nitrogens with one attached hydrogen (secondary N) is 1. The number of benzene rings is 1. The second kappa shape index (κ2) is 6.58. The van der Waals surface area contributed by atoms with E-state index in [2.05, 4.69) is 17.4 Å². The fourth-order valence-electron chi connectivity index (χ4n) is 6.88. The Kier molecular flexibility index (Phi) is 4.27. The molecule has 2 unspecified atom stereocenters. The number of hydrogen-bond donors (Lipinski definition) is 2. The van der Waals surface area contributed by atoms with Crippen molar-refractivity contribution in [2.45, 2.75) is 69.4 Å². The Labute approximate surface area is 165 Å². The van der Waals surface area contributed by atoms with Crippen LogP contribution in [0.3, 0.4) is 0 Å². The zero-order valence-electron chi connectivity index (χ0n) is 16.3. The minimum Gasteiger partial charge on any atom is -0.455 e. The smallest absolute Gasteiger partial charge is 0.312 e. The number of rotatable bonds is 4. The van der Waals surface area contributed by atoms with Gasteiger partial charge < -0.3 is 15.2 Å². The lowest BCUT2D eigenvalue weighted by molar-refractivity contribution is -0.196. The summed E-state index contributed by atoms with van der Waals surface area (Å²) in [4.78, 5) is 25.4. The number of aryl methyl sites for hydroxylation is 1. The highest BCUT2D eigenvalue weighted by atomic mass is 16.5. The zero-order chi connectivity index (χ0) is 19.4. The molecule has 2 N–H and O–H groups in total. The molecule has 1 amide bonds. The SMILES string of the molecule is O=C(COC(=O)C12C[C@@H]3C[C@@H](CC(O)(C3)C1)C2)N[C@H]1CCCc2ccccc21. The molecule has 5 aliphatic rings. The number of fused-ring (bicyclic) bond motifs is 1. The number of ether oxygens (including phenoxy) is 1. The molecule has 0 spiro atoms. The van der Waals surface area contributed by atoms with Crippen molar-refractivity contribution in [1.82, 2.24) is 5.32 Å². The number of carbonyl (C=O) groups is 2. The summed E-state index contributed by atoms with van der Waals surface area (Å²) in [5.41, 5.74) is 1.20. The Balaban J connectivity index is 1.20. The first-order valence-corrected chi connectivity index (χ1v) is 10.7. The van der Waals surface area contributed by atoms with E-state index in [9.17, 15) is 14.7 Å². The van der Waals surface area contributed by atoms with E-state index >= 15 is 0 Å². The van der Waals surface area contributed by atoms with Gasteiger partial charge in [-0.05, 0) is 80.8 Å². The molecule has 28 heavy (non-hydrogen) atoms. The normalized spacial score (nSPS) is 38.0. The van der Waals surface area contributed by atoms with Gasteiger partial charge in [0.2, 0.25) is 0 Å². The molecule has 6 rings (SSSR count). The summed E-state index contributed by atoms with van der Waals surface area (Å²) in [6.07, 6.45) is 7.89. The van der Waals surface area contributed by atoms with Crippen LogP contribution in [0.4, 0.5) is 0 Å². The molecule has 5 atom stereocenters. The molecule has 0 aromatic heterocycles. The van der Waals surface area contributed by atoms with Crippen molar-refractivity contribution in [2.24, 2.45) is 17.3 Å². The molecular weight excluding hydrogens is 354 g/mol. The van der Waals surface area contributed by atoms with Gasteiger partial charge in [-0.15, -0.1) is 0 Å². The molecule has 4 bridgehead atoms. The third kappa shape index (κ3) is 3.14. The molecule has 1 aromatic carbocycles. The standard InChI is InChI=1S/C23H29NO4/c25-20(24-19-7-3-5-17-4-1-2-6-18(17)19)13-28-21(26)22-9-15-8-16(10-22)12-23(27,11-15)14-22/h1-2,4,6,15-16,19,27H,3,5,7-14H2,(H,24,25)/t15-,16+,19-,22?,23?/m0/s1. The maximum atomic E-state index is 12.9. The number of amides is 1. The molecule has 150 valence electrons. The van der Waals surface area contributed by atoms with E-state index in [0.717, 1.165) is 51.4 Å². The van der Waals surface area contributed by atoms with Crippen LogP contribution < -0.4 is 5.32 Å². The van der Waals surface area contributed by atoms with Crippen LogP contribution in [0.15, 0.2) is 24.3 Å². The van der Waals surface area contributed by atoms with Gasteiger partial charge in [-0.25, -0.2) is 0 Å². The molecule has 5 nitrogen and oxygen atoms in total. The topological polar surface area (TPSA) is 75.6 Å². The second-order valence-corrected chi connectivity index (χ2v) is 9.75. The Bertz CT molecular complexity index is 790. The van der Waals surface area contributed by atoms with Crippen molar-refractivity contribution < 1.29 is 19.4 Å². The lowest BCUT2D eigenvalue weighted by atomic mass is 9.48. The van der Waals surface area contributed by atoms with Crippen LogP contribution >= 0.6 is 0 Å². The number of hydrogen-bond acceptors (Lipinski definition) is 4. The second-order valence-electron chi connectivity index (χ2n) is 9.75. The summed E-state index contributed by atoms with van der Waals surface area (Å²) in [6, 6.07) is 8.22. The van der Waals surface area contributed by atoms with E-state index in [4.69, 9.17) is 4.74 Å². The van der Waals surface area contributed by atoms with Crippen LogP contribution in [-0.2, 0) is 20.7 Å². The lowest BCUT2D eigenvalue weighted by Gasteiger charge is -2.58. The number of carbonyl (C=O) groups excluding carboxylic acids is 2. The Morgan fingerprint density at radius 1 is 1.14 bits per heavy atom. The number of esters is 1. The van der Waals surface area contributed by atoms with Crippen LogP contribution in [-0.4, -0.2) is 29.2 Å². The quantitative estimate of drug-likeness (QED) is 0.784. The first-order valence-electron chi connectivity index (χ1n) is 10.7. The van der Waals surface area contributed by atoms with Gasteiger partial charge in [-0.3, -0.25) is 9.59 Å². The molecular formula is C23H29NO4. The molecule has 5 heteroatoms. The van der Waals surface area contributed by atoms with Gasteiger partial charge in [0, 0.05) is 0 Å². The summed E-state index contributed by atoms with van der Waals surface area (Å²) in [7, 11) is 0. The summed E-state index contributed by atoms with van der Waals surface area (Å²) < 4.78 is 5.50. The van der Waals surface area contributed by atoms with Gasteiger partial charge >= 0.3 is 5.97 Å². The van der Waals surface area contributed by atoms with Crippen LogP contribution in [0.25, 0.3) is 0 Å². The molecule has 0 aliphatic heterocycles. The first-order chi connectivity index (χ1) is 13.4. The van der Waals surface area contributed by atoms with Crippen molar-refractivity contribution in [2.75, 3.05) is 6.61 Å². The summed E-state index contributed by atoms with van der Waals surface area (Å²) in [5, 5.41) is 13.9. The fourth-order valence-corrected chi connectivity index (χ4v) is 6.88. The van der Waals surface area contributed by atoms with E-state index < -0.39 is 11.0 Å². The molecule has 1 aromatic rings. The highest BCUT2D eigenvalue weighted by Gasteiger charge is 2.60. The van der Waals surface area contributed by atoms with E-state index in [0.29, 0.717) is 18.3 Å². The third-order valence-corrected chi connectivity index (χ3v) is 7.50. The maximum Gasteiger partial charge on any atom is 0.312 e. The Morgan fingerprint density at radius 2 is 1.89 bits per heavy atom. The highest BCUT2D eigenvalue weighted by molar-refractivity contribution is 5.83. The monoisotopic (exact) mass is 383 g/mol. The minimum absolute atomic E-state index is 0.00332. The molecule has 4 fully saturated rings. The predicted octanol–water partition coefficient (Wildman–Crippen LogP) is 3.05. The third-order valence-electron chi connectivity index (χ3n) is 7.50. The first kappa shape index (κ1) is 18.2. The van der Waals surface area contributed by atoms with Gasteiger partial charge in [0.15, 0.2) is 6.61 Å². The van der Waals surface area contributed by atoms with Crippen LogP contribution in [0.1, 0.15) is 68.5 Å². The van der Waals surface area contributed by atoms with E-state index in [1.807, 2.05) is 12.1 Å². The van der Waals surface area contributed by atoms with Crippen LogP contribution in [0, 0.1) is 17.3 Å². The molecule has 0 radical (unpaired) electrons. The molecule has 0 saturated heterocycles. The minimum atomic E-state index is -0.697. The average molecular weight is 383 g/mol. The van der Waals surface area contributed by atoms with Crippen LogP contribution in [0.2, 0.25) is 0 Å².